The van der Waals surface area contributed by atoms with Crippen molar-refractivity contribution in [2.75, 3.05) is 4.90 Å². The zero-order chi connectivity index (χ0) is 15.1. The Hall–Kier alpha value is -1.55. The number of aryl methyl sites for hydroxylation is 1. The first kappa shape index (κ1) is 14.9. The summed E-state index contributed by atoms with van der Waals surface area (Å²) in [4.78, 5) is 26.4. The molecule has 1 saturated heterocycles. The number of carbonyl (C=O) groups excluding carboxylic acids is 2. The number of halogens is 1. The molecule has 0 bridgehead atoms. The molecule has 1 aliphatic rings. The lowest BCUT2D eigenvalue weighted by molar-refractivity contribution is -0.137. The third-order valence-corrected chi connectivity index (χ3v) is 4.03. The monoisotopic (exact) mass is 294 g/mol. The molecule has 0 aromatic heterocycles. The van der Waals surface area contributed by atoms with Gasteiger partial charge in [0.05, 0.1) is 0 Å². The number of benzene rings is 1. The van der Waals surface area contributed by atoms with Crippen LogP contribution in [0.3, 0.4) is 0 Å². The van der Waals surface area contributed by atoms with Gasteiger partial charge in [0.15, 0.2) is 0 Å². The number of nitrogens with one attached hydrogen (secondary N) is 1. The molecule has 0 saturated carbocycles. The summed E-state index contributed by atoms with van der Waals surface area (Å²) in [7, 11) is 0. The normalized spacial score (nSPS) is 21.9. The van der Waals surface area contributed by atoms with Gasteiger partial charge in [-0.25, -0.2) is 0 Å². The highest BCUT2D eigenvalue weighted by molar-refractivity contribution is 6.31. The maximum absolute atomic E-state index is 12.6. The van der Waals surface area contributed by atoms with Crippen molar-refractivity contribution in [2.45, 2.75) is 45.7 Å². The molecule has 1 aliphatic heterocycles. The Balaban J connectivity index is 2.51. The molecule has 0 radical (unpaired) electrons. The van der Waals surface area contributed by atoms with Crippen LogP contribution in [0.15, 0.2) is 18.2 Å². The van der Waals surface area contributed by atoms with Crippen LogP contribution in [0.4, 0.5) is 5.69 Å². The third kappa shape index (κ3) is 2.40. The summed E-state index contributed by atoms with van der Waals surface area (Å²) in [5.41, 5.74) is 0.706. The van der Waals surface area contributed by atoms with Crippen molar-refractivity contribution in [1.82, 2.24) is 5.32 Å². The van der Waals surface area contributed by atoms with Gasteiger partial charge in [-0.2, -0.15) is 0 Å². The number of hydrogen-bond acceptors (Lipinski definition) is 2. The average Bonchev–Trinajstić information content (AvgIpc) is 2.36. The van der Waals surface area contributed by atoms with E-state index >= 15 is 0 Å². The number of hydrogen-bond donors (Lipinski definition) is 1. The van der Waals surface area contributed by atoms with Gasteiger partial charge in [-0.3, -0.25) is 14.5 Å². The minimum Gasteiger partial charge on any atom is -0.340 e. The van der Waals surface area contributed by atoms with Gasteiger partial charge in [0.25, 0.3) is 5.91 Å². The largest absolute Gasteiger partial charge is 0.340 e. The second kappa shape index (κ2) is 5.09. The third-order valence-electron chi connectivity index (χ3n) is 3.62. The summed E-state index contributed by atoms with van der Waals surface area (Å²) in [5, 5.41) is 3.36. The van der Waals surface area contributed by atoms with Gasteiger partial charge in [-0.15, -0.1) is 0 Å². The van der Waals surface area contributed by atoms with Crippen molar-refractivity contribution in [3.8, 4) is 0 Å². The van der Waals surface area contributed by atoms with Gasteiger partial charge in [0, 0.05) is 10.7 Å². The summed E-state index contributed by atoms with van der Waals surface area (Å²) in [5.74, 6) is -0.252. The molecule has 108 valence electrons. The van der Waals surface area contributed by atoms with Crippen LogP contribution < -0.4 is 10.2 Å². The molecule has 2 rings (SSSR count). The van der Waals surface area contributed by atoms with E-state index in [0.717, 1.165) is 5.56 Å². The van der Waals surface area contributed by atoms with E-state index in [9.17, 15) is 9.59 Å². The van der Waals surface area contributed by atoms with Crippen molar-refractivity contribution >= 4 is 29.1 Å². The van der Waals surface area contributed by atoms with Crippen molar-refractivity contribution in [3.05, 3.63) is 28.8 Å². The highest BCUT2D eigenvalue weighted by Crippen LogP contribution is 2.30. The van der Waals surface area contributed by atoms with Crippen molar-refractivity contribution in [1.29, 1.82) is 0 Å². The predicted molar refractivity (Wildman–Crippen MR) is 80.0 cm³/mol. The standard InChI is InChI=1S/C15H19ClN2O2/c1-5-12-13(19)17-15(3,4)14(20)18(12)10-7-6-9(2)11(16)8-10/h6-8,12H,5H2,1-4H3,(H,17,19). The number of rotatable bonds is 2. The fourth-order valence-corrected chi connectivity index (χ4v) is 2.58. The van der Waals surface area contributed by atoms with Gasteiger partial charge >= 0.3 is 0 Å². The Labute approximate surface area is 124 Å². The van der Waals surface area contributed by atoms with Crippen molar-refractivity contribution in [2.24, 2.45) is 0 Å². The topological polar surface area (TPSA) is 49.4 Å². The number of amides is 2. The van der Waals surface area contributed by atoms with Crippen LogP contribution in [0.2, 0.25) is 5.02 Å². The SMILES string of the molecule is CCC1C(=O)NC(C)(C)C(=O)N1c1ccc(C)c(Cl)c1. The van der Waals surface area contributed by atoms with E-state index in [1.807, 2.05) is 26.0 Å². The maximum atomic E-state index is 12.6. The summed E-state index contributed by atoms with van der Waals surface area (Å²) in [6.07, 6.45) is 0.555. The van der Waals surface area contributed by atoms with Gasteiger partial charge < -0.3 is 5.32 Å². The zero-order valence-corrected chi connectivity index (χ0v) is 12.9. The first-order valence-electron chi connectivity index (χ1n) is 6.69. The molecule has 0 aliphatic carbocycles. The predicted octanol–water partition coefficient (Wildman–Crippen LogP) is 2.67. The Morgan fingerprint density at radius 1 is 1.35 bits per heavy atom. The number of nitrogens with zero attached hydrogens (tertiary/aromatic N) is 1. The average molecular weight is 295 g/mol. The van der Waals surface area contributed by atoms with Gasteiger partial charge in [0.1, 0.15) is 11.6 Å². The van der Waals surface area contributed by atoms with Gasteiger partial charge in [-0.1, -0.05) is 24.6 Å². The molecule has 1 N–H and O–H groups in total. The van der Waals surface area contributed by atoms with E-state index < -0.39 is 11.6 Å². The Kier molecular flexibility index (Phi) is 3.78. The second-order valence-electron chi connectivity index (χ2n) is 5.65. The second-order valence-corrected chi connectivity index (χ2v) is 6.05. The van der Waals surface area contributed by atoms with Crippen LogP contribution >= 0.6 is 11.6 Å². The molecule has 5 heteroatoms. The Morgan fingerprint density at radius 2 is 2.00 bits per heavy atom. The Bertz CT molecular complexity index is 569. The van der Waals surface area contributed by atoms with E-state index in [-0.39, 0.29) is 11.8 Å². The van der Waals surface area contributed by atoms with Crippen LogP contribution in [-0.2, 0) is 9.59 Å². The molecule has 1 fully saturated rings. The minimum absolute atomic E-state index is 0.121. The Morgan fingerprint density at radius 3 is 2.55 bits per heavy atom. The number of carbonyl (C=O) groups is 2. The highest BCUT2D eigenvalue weighted by atomic mass is 35.5. The molecular weight excluding hydrogens is 276 g/mol. The fraction of sp³-hybridized carbons (Fsp3) is 0.467. The molecule has 2 amide bonds. The summed E-state index contributed by atoms with van der Waals surface area (Å²) in [6.45, 7) is 7.21. The molecule has 1 heterocycles. The van der Waals surface area contributed by atoms with E-state index in [4.69, 9.17) is 11.6 Å². The smallest absolute Gasteiger partial charge is 0.252 e. The summed E-state index contributed by atoms with van der Waals surface area (Å²) < 4.78 is 0. The van der Waals surface area contributed by atoms with Gasteiger partial charge in [-0.05, 0) is 44.9 Å². The van der Waals surface area contributed by atoms with Crippen LogP contribution in [0.5, 0.6) is 0 Å². The lowest BCUT2D eigenvalue weighted by Gasteiger charge is -2.42. The van der Waals surface area contributed by atoms with E-state index in [2.05, 4.69) is 5.32 Å². The quantitative estimate of drug-likeness (QED) is 0.911. The molecular formula is C15H19ClN2O2. The van der Waals surface area contributed by atoms with Crippen molar-refractivity contribution in [3.63, 3.8) is 0 Å². The molecule has 0 spiro atoms. The van der Waals surface area contributed by atoms with Crippen LogP contribution in [-0.4, -0.2) is 23.4 Å². The fourth-order valence-electron chi connectivity index (χ4n) is 2.40. The maximum Gasteiger partial charge on any atom is 0.252 e. The molecule has 1 aromatic carbocycles. The first-order valence-corrected chi connectivity index (χ1v) is 7.07. The lowest BCUT2D eigenvalue weighted by Crippen LogP contribution is -2.68. The number of piperazine rings is 1. The van der Waals surface area contributed by atoms with Crippen LogP contribution in [0.25, 0.3) is 0 Å². The van der Waals surface area contributed by atoms with Crippen LogP contribution in [0, 0.1) is 6.92 Å². The molecule has 1 unspecified atom stereocenters. The minimum atomic E-state index is -0.903. The lowest BCUT2D eigenvalue weighted by atomic mass is 9.95. The highest BCUT2D eigenvalue weighted by Gasteiger charge is 2.45. The summed E-state index contributed by atoms with van der Waals surface area (Å²) in [6, 6.07) is 4.94. The zero-order valence-electron chi connectivity index (χ0n) is 12.2. The number of anilines is 1. The van der Waals surface area contributed by atoms with Crippen molar-refractivity contribution < 1.29 is 9.59 Å². The molecule has 1 aromatic rings. The first-order chi connectivity index (χ1) is 9.27. The molecule has 4 nitrogen and oxygen atoms in total. The summed E-state index contributed by atoms with van der Waals surface area (Å²) >= 11 is 6.14. The van der Waals surface area contributed by atoms with Crippen LogP contribution in [0.1, 0.15) is 32.8 Å². The van der Waals surface area contributed by atoms with E-state index in [1.54, 1.807) is 24.8 Å². The molecule has 20 heavy (non-hydrogen) atoms. The van der Waals surface area contributed by atoms with E-state index in [0.29, 0.717) is 17.1 Å². The van der Waals surface area contributed by atoms with E-state index in [1.165, 1.54) is 0 Å². The van der Waals surface area contributed by atoms with Gasteiger partial charge in [0.2, 0.25) is 5.91 Å². The molecule has 1 atom stereocenters.